The Hall–Kier alpha value is -1.30. The van der Waals surface area contributed by atoms with E-state index in [1.54, 1.807) is 4.90 Å². The van der Waals surface area contributed by atoms with Gasteiger partial charge in [-0.15, -0.1) is 0 Å². The molecule has 0 bridgehead atoms. The van der Waals surface area contributed by atoms with Crippen LogP contribution in [0.5, 0.6) is 0 Å². The van der Waals surface area contributed by atoms with Gasteiger partial charge in [-0.2, -0.15) is 0 Å². The smallest absolute Gasteiger partial charge is 0.320 e. The van der Waals surface area contributed by atoms with Crippen molar-refractivity contribution in [2.75, 3.05) is 19.6 Å². The molecule has 2 amide bonds. The zero-order valence-corrected chi connectivity index (χ0v) is 11.4. The van der Waals surface area contributed by atoms with Crippen LogP contribution < -0.4 is 11.1 Å². The normalized spacial score (nSPS) is 17.6. The van der Waals surface area contributed by atoms with Gasteiger partial charge in [0, 0.05) is 19.1 Å². The van der Waals surface area contributed by atoms with Crippen molar-refractivity contribution in [2.45, 2.75) is 45.3 Å². The second-order valence-corrected chi connectivity index (χ2v) is 5.57. The number of likely N-dealkylation sites (tertiary alicyclic amines) is 1. The molecule has 18 heavy (non-hydrogen) atoms. The Labute approximate surface area is 108 Å². The number of carbonyl (C=O) groups excluding carboxylic acids is 2. The molecule has 0 atom stereocenters. The second kappa shape index (κ2) is 6.04. The van der Waals surface area contributed by atoms with Crippen LogP contribution in [0.25, 0.3) is 0 Å². The van der Waals surface area contributed by atoms with E-state index in [0.29, 0.717) is 13.1 Å². The van der Waals surface area contributed by atoms with Crippen LogP contribution in [-0.2, 0) is 9.53 Å². The average molecular weight is 257 g/mol. The predicted octanol–water partition coefficient (Wildman–Crippen LogP) is 0.461. The lowest BCUT2D eigenvalue weighted by atomic mass is 10.1. The highest BCUT2D eigenvalue weighted by atomic mass is 16.6. The molecule has 0 unspecified atom stereocenters. The molecule has 0 aliphatic carbocycles. The summed E-state index contributed by atoms with van der Waals surface area (Å²) < 4.78 is 5.20. The molecule has 104 valence electrons. The van der Waals surface area contributed by atoms with Gasteiger partial charge in [-0.1, -0.05) is 0 Å². The van der Waals surface area contributed by atoms with Crippen LogP contribution in [0.15, 0.2) is 0 Å². The van der Waals surface area contributed by atoms with E-state index in [0.717, 1.165) is 12.8 Å². The summed E-state index contributed by atoms with van der Waals surface area (Å²) in [4.78, 5) is 24.1. The van der Waals surface area contributed by atoms with Gasteiger partial charge in [0.15, 0.2) is 0 Å². The molecule has 6 heteroatoms. The first-order valence-electron chi connectivity index (χ1n) is 6.27. The molecule has 1 rings (SSSR count). The molecule has 0 spiro atoms. The Bertz CT molecular complexity index is 304. The molecule has 0 aromatic rings. The summed E-state index contributed by atoms with van der Waals surface area (Å²) in [5.74, 6) is -0.250. The fourth-order valence-electron chi connectivity index (χ4n) is 1.91. The fraction of sp³-hybridized carbons (Fsp3) is 0.833. The van der Waals surface area contributed by atoms with Gasteiger partial charge in [-0.25, -0.2) is 4.79 Å². The minimum atomic E-state index is -0.450. The Morgan fingerprint density at radius 1 is 1.33 bits per heavy atom. The van der Waals surface area contributed by atoms with Crippen molar-refractivity contribution in [1.29, 1.82) is 0 Å². The molecule has 0 radical (unpaired) electrons. The minimum absolute atomic E-state index is 0.207. The number of urea groups is 1. The van der Waals surface area contributed by atoms with Gasteiger partial charge in [0.2, 0.25) is 0 Å². The molecule has 0 aromatic heterocycles. The fourth-order valence-corrected chi connectivity index (χ4v) is 1.91. The number of ether oxygens (including phenoxy) is 1. The number of nitrogens with one attached hydrogen (secondary N) is 1. The Kier molecular flexibility index (Phi) is 4.95. The van der Waals surface area contributed by atoms with Crippen molar-refractivity contribution in [3.63, 3.8) is 0 Å². The van der Waals surface area contributed by atoms with Crippen molar-refractivity contribution < 1.29 is 14.3 Å². The molecule has 1 aliphatic heterocycles. The SMILES string of the molecule is CC(C)(C)OC(=O)CNC1CCN(C(N)=O)CC1. The van der Waals surface area contributed by atoms with Gasteiger partial charge in [0.1, 0.15) is 5.60 Å². The topological polar surface area (TPSA) is 84.7 Å². The van der Waals surface area contributed by atoms with Gasteiger partial charge < -0.3 is 20.7 Å². The van der Waals surface area contributed by atoms with Gasteiger partial charge in [0.25, 0.3) is 0 Å². The quantitative estimate of drug-likeness (QED) is 0.719. The minimum Gasteiger partial charge on any atom is -0.459 e. The maximum Gasteiger partial charge on any atom is 0.320 e. The Balaban J connectivity index is 2.22. The number of amides is 2. The number of esters is 1. The molecule has 6 nitrogen and oxygen atoms in total. The number of hydrogen-bond donors (Lipinski definition) is 2. The first-order valence-corrected chi connectivity index (χ1v) is 6.27. The summed E-state index contributed by atoms with van der Waals surface area (Å²) >= 11 is 0. The Morgan fingerprint density at radius 3 is 2.33 bits per heavy atom. The predicted molar refractivity (Wildman–Crippen MR) is 68.0 cm³/mol. The number of nitrogens with two attached hydrogens (primary N) is 1. The van der Waals surface area contributed by atoms with Crippen LogP contribution in [0.4, 0.5) is 4.79 Å². The molecular formula is C12H23N3O3. The van der Waals surface area contributed by atoms with Crippen LogP contribution in [0, 0.1) is 0 Å². The van der Waals surface area contributed by atoms with E-state index in [4.69, 9.17) is 10.5 Å². The van der Waals surface area contributed by atoms with Crippen molar-refractivity contribution in [2.24, 2.45) is 5.73 Å². The van der Waals surface area contributed by atoms with E-state index >= 15 is 0 Å². The van der Waals surface area contributed by atoms with Gasteiger partial charge in [0.05, 0.1) is 6.54 Å². The molecule has 0 aromatic carbocycles. The van der Waals surface area contributed by atoms with Crippen LogP contribution in [0.3, 0.4) is 0 Å². The van der Waals surface area contributed by atoms with Crippen LogP contribution in [0.1, 0.15) is 33.6 Å². The summed E-state index contributed by atoms with van der Waals surface area (Å²) in [6.45, 7) is 7.02. The highest BCUT2D eigenvalue weighted by Crippen LogP contribution is 2.10. The number of carbonyl (C=O) groups is 2. The van der Waals surface area contributed by atoms with Crippen molar-refractivity contribution in [3.8, 4) is 0 Å². The maximum absolute atomic E-state index is 11.5. The standard InChI is InChI=1S/C12H23N3O3/c1-12(2,3)18-10(16)8-14-9-4-6-15(7-5-9)11(13)17/h9,14H,4-8H2,1-3H3,(H2,13,17). The van der Waals surface area contributed by atoms with Crippen LogP contribution in [-0.4, -0.2) is 48.2 Å². The van der Waals surface area contributed by atoms with Gasteiger partial charge in [-0.3, -0.25) is 4.79 Å². The van der Waals surface area contributed by atoms with Crippen LogP contribution in [0.2, 0.25) is 0 Å². The number of rotatable bonds is 3. The van der Waals surface area contributed by atoms with Crippen molar-refractivity contribution >= 4 is 12.0 Å². The zero-order chi connectivity index (χ0) is 13.8. The second-order valence-electron chi connectivity index (χ2n) is 5.57. The van der Waals surface area contributed by atoms with Crippen molar-refractivity contribution in [1.82, 2.24) is 10.2 Å². The highest BCUT2D eigenvalue weighted by Gasteiger charge is 2.22. The molecule has 0 saturated carbocycles. The monoisotopic (exact) mass is 257 g/mol. The molecular weight excluding hydrogens is 234 g/mol. The third kappa shape index (κ3) is 5.35. The molecule has 1 aliphatic rings. The molecule has 1 fully saturated rings. The molecule has 3 N–H and O–H groups in total. The molecule has 1 saturated heterocycles. The van der Waals surface area contributed by atoms with Gasteiger partial charge >= 0.3 is 12.0 Å². The summed E-state index contributed by atoms with van der Waals surface area (Å²) in [7, 11) is 0. The highest BCUT2D eigenvalue weighted by molar-refractivity contribution is 5.72. The van der Waals surface area contributed by atoms with Crippen LogP contribution >= 0.6 is 0 Å². The van der Waals surface area contributed by atoms with E-state index in [1.165, 1.54) is 0 Å². The molecule has 1 heterocycles. The van der Waals surface area contributed by atoms with Crippen molar-refractivity contribution in [3.05, 3.63) is 0 Å². The summed E-state index contributed by atoms with van der Waals surface area (Å²) in [5.41, 5.74) is 4.75. The van der Waals surface area contributed by atoms with E-state index < -0.39 is 5.60 Å². The summed E-state index contributed by atoms with van der Waals surface area (Å²) in [5, 5.41) is 3.15. The van der Waals surface area contributed by atoms with E-state index in [2.05, 4.69) is 5.32 Å². The van der Waals surface area contributed by atoms with E-state index in [-0.39, 0.29) is 24.6 Å². The third-order valence-corrected chi connectivity index (χ3v) is 2.76. The average Bonchev–Trinajstić information content (AvgIpc) is 2.24. The number of hydrogen-bond acceptors (Lipinski definition) is 4. The van der Waals surface area contributed by atoms with E-state index in [9.17, 15) is 9.59 Å². The summed E-state index contributed by atoms with van der Waals surface area (Å²) in [6, 6.07) is -0.131. The maximum atomic E-state index is 11.5. The number of nitrogens with zero attached hydrogens (tertiary/aromatic N) is 1. The Morgan fingerprint density at radius 2 is 1.89 bits per heavy atom. The zero-order valence-electron chi connectivity index (χ0n) is 11.4. The third-order valence-electron chi connectivity index (χ3n) is 2.76. The number of piperidine rings is 1. The lowest BCUT2D eigenvalue weighted by Gasteiger charge is -2.31. The lowest BCUT2D eigenvalue weighted by Crippen LogP contribution is -2.48. The lowest BCUT2D eigenvalue weighted by molar-refractivity contribution is -0.153. The van der Waals surface area contributed by atoms with Gasteiger partial charge in [-0.05, 0) is 33.6 Å². The largest absolute Gasteiger partial charge is 0.459 e. The first kappa shape index (κ1) is 14.8. The number of primary amides is 1. The summed E-state index contributed by atoms with van der Waals surface area (Å²) in [6.07, 6.45) is 1.62. The van der Waals surface area contributed by atoms with E-state index in [1.807, 2.05) is 20.8 Å². The first-order chi connectivity index (χ1) is 8.28.